The van der Waals surface area contributed by atoms with E-state index in [0.29, 0.717) is 42.6 Å². The number of ether oxygens (including phenoxy) is 1. The first kappa shape index (κ1) is 35.0. The number of aromatic hydroxyl groups is 1. The van der Waals surface area contributed by atoms with Crippen LogP contribution in [0.3, 0.4) is 0 Å². The van der Waals surface area contributed by atoms with Gasteiger partial charge < -0.3 is 19.6 Å². The molecular formula is C41H40F5N5O3. The summed E-state index contributed by atoms with van der Waals surface area (Å²) in [5.74, 6) is -2.02. The van der Waals surface area contributed by atoms with Crippen LogP contribution in [0.5, 0.6) is 11.8 Å². The first-order chi connectivity index (χ1) is 25.9. The fourth-order valence-corrected chi connectivity index (χ4v) is 10.00. The van der Waals surface area contributed by atoms with E-state index < -0.39 is 35.2 Å². The Morgan fingerprint density at radius 3 is 2.48 bits per heavy atom. The zero-order valence-electron chi connectivity index (χ0n) is 29.6. The van der Waals surface area contributed by atoms with Crippen molar-refractivity contribution in [2.24, 2.45) is 5.92 Å². The molecule has 1 amide bonds. The summed E-state index contributed by atoms with van der Waals surface area (Å²) in [5, 5.41) is 11.7. The van der Waals surface area contributed by atoms with Crippen molar-refractivity contribution in [3.8, 4) is 35.2 Å². The Bertz CT molecular complexity index is 2210. The highest BCUT2D eigenvalue weighted by molar-refractivity contribution is 6.04. The molecule has 1 aromatic heterocycles. The van der Waals surface area contributed by atoms with Gasteiger partial charge in [-0.05, 0) is 80.3 Å². The standard InChI is InChI=1S/C41H40F5N5O3/c1-2-29-33(43)9-4-24-16-28(52)17-32(34(24)29)30-7-8-31-36(35(30)44)47-39(54-22-40-12-3-15-50(40)19-25(42)18-40)48-37(31)49-20-26-5-6-27(21-49)51(26)38(53)23-10-13-41(45,46)14-11-23/h1,4,7-9,16-17,23,25-27,52H,3,5-6,10-15,18-22H2/t25-,26?,27?,40+/m1/s1. The number of amides is 1. The minimum Gasteiger partial charge on any atom is -0.508 e. The molecule has 1 N–H and O–H groups in total. The van der Waals surface area contributed by atoms with Crippen molar-refractivity contribution < 1.29 is 36.6 Å². The lowest BCUT2D eigenvalue weighted by Crippen LogP contribution is -2.57. The largest absolute Gasteiger partial charge is 0.508 e. The molecule has 1 aliphatic carbocycles. The van der Waals surface area contributed by atoms with Gasteiger partial charge in [0.05, 0.1) is 11.1 Å². The fraction of sp³-hybridized carbons (Fsp3) is 0.488. The van der Waals surface area contributed by atoms with Gasteiger partial charge in [0.15, 0.2) is 5.82 Å². The molecule has 282 valence electrons. The Morgan fingerprint density at radius 1 is 0.981 bits per heavy atom. The number of phenolic OH excluding ortho intramolecular Hbond substituents is 1. The van der Waals surface area contributed by atoms with E-state index in [1.165, 1.54) is 30.3 Å². The molecule has 1 saturated carbocycles. The van der Waals surface area contributed by atoms with E-state index in [4.69, 9.17) is 16.1 Å². The summed E-state index contributed by atoms with van der Waals surface area (Å²) in [4.78, 5) is 29.2. The lowest BCUT2D eigenvalue weighted by atomic mass is 9.85. The Balaban J connectivity index is 1.11. The smallest absolute Gasteiger partial charge is 0.319 e. The number of halogens is 5. The third-order valence-corrected chi connectivity index (χ3v) is 12.6. The van der Waals surface area contributed by atoms with Crippen LogP contribution >= 0.6 is 0 Å². The second-order valence-corrected chi connectivity index (χ2v) is 15.8. The third kappa shape index (κ3) is 5.79. The molecule has 2 bridgehead atoms. The topological polar surface area (TPSA) is 82.0 Å². The molecule has 0 spiro atoms. The van der Waals surface area contributed by atoms with Crippen LogP contribution in [0.15, 0.2) is 36.4 Å². The Kier molecular flexibility index (Phi) is 8.41. The molecule has 9 rings (SSSR count). The van der Waals surface area contributed by atoms with E-state index in [2.05, 4.69) is 15.8 Å². The summed E-state index contributed by atoms with van der Waals surface area (Å²) in [5.41, 5.74) is -0.422. The highest BCUT2D eigenvalue weighted by Crippen LogP contribution is 2.44. The maximum atomic E-state index is 17.1. The van der Waals surface area contributed by atoms with E-state index in [1.807, 2.05) is 9.80 Å². The minimum absolute atomic E-state index is 0.0336. The summed E-state index contributed by atoms with van der Waals surface area (Å²) < 4.78 is 80.9. The number of nitrogens with zero attached hydrogens (tertiary/aromatic N) is 5. The first-order valence-electron chi connectivity index (χ1n) is 18.8. The fourth-order valence-electron chi connectivity index (χ4n) is 10.00. The van der Waals surface area contributed by atoms with Gasteiger partial charge in [-0.25, -0.2) is 22.0 Å². The van der Waals surface area contributed by atoms with Crippen molar-refractivity contribution in [3.63, 3.8) is 0 Å². The molecule has 3 aromatic carbocycles. The van der Waals surface area contributed by atoms with E-state index in [0.717, 1.165) is 32.2 Å². The zero-order valence-corrected chi connectivity index (χ0v) is 29.6. The van der Waals surface area contributed by atoms with Gasteiger partial charge in [0, 0.05) is 73.2 Å². The molecule has 4 saturated heterocycles. The SMILES string of the molecule is C#Cc1c(F)ccc2cc(O)cc(-c3ccc4c(N5CC6CCC(C5)N6C(=O)C5CCC(F)(F)CC5)nc(OC[C@@]56CCCN5C[C@H](F)C6)nc4c3F)c12. The van der Waals surface area contributed by atoms with Crippen LogP contribution in [-0.2, 0) is 4.79 Å². The number of benzene rings is 3. The number of anilines is 1. The molecule has 5 aliphatic rings. The van der Waals surface area contributed by atoms with Crippen molar-refractivity contribution in [1.29, 1.82) is 0 Å². The van der Waals surface area contributed by atoms with Gasteiger partial charge in [-0.3, -0.25) is 9.69 Å². The molecule has 5 heterocycles. The number of hydrogen-bond donors (Lipinski definition) is 1. The molecule has 4 aromatic rings. The van der Waals surface area contributed by atoms with E-state index in [1.54, 1.807) is 6.07 Å². The number of alkyl halides is 3. The molecule has 2 unspecified atom stereocenters. The van der Waals surface area contributed by atoms with Gasteiger partial charge in [-0.1, -0.05) is 18.1 Å². The van der Waals surface area contributed by atoms with Crippen LogP contribution in [-0.4, -0.2) is 93.3 Å². The number of aromatic nitrogens is 2. The van der Waals surface area contributed by atoms with Crippen molar-refractivity contribution in [2.45, 2.75) is 87.5 Å². The van der Waals surface area contributed by atoms with Crippen molar-refractivity contribution in [2.75, 3.05) is 37.7 Å². The second kappa shape index (κ2) is 13.0. The number of piperazine rings is 1. The quantitative estimate of drug-likeness (QED) is 0.163. The van der Waals surface area contributed by atoms with E-state index in [-0.39, 0.29) is 89.6 Å². The first-order valence-corrected chi connectivity index (χ1v) is 18.8. The summed E-state index contributed by atoms with van der Waals surface area (Å²) in [6.07, 6.45) is 7.96. The summed E-state index contributed by atoms with van der Waals surface area (Å²) in [7, 11) is 0. The van der Waals surface area contributed by atoms with Crippen LogP contribution in [0.25, 0.3) is 32.8 Å². The molecule has 4 atom stereocenters. The van der Waals surface area contributed by atoms with Gasteiger partial charge in [0.25, 0.3) is 0 Å². The monoisotopic (exact) mass is 745 g/mol. The normalized spacial score (nSPS) is 26.8. The number of hydrogen-bond acceptors (Lipinski definition) is 7. The van der Waals surface area contributed by atoms with Crippen LogP contribution in [0.1, 0.15) is 63.4 Å². The predicted molar refractivity (Wildman–Crippen MR) is 193 cm³/mol. The maximum absolute atomic E-state index is 17.1. The molecule has 5 fully saturated rings. The van der Waals surface area contributed by atoms with Crippen molar-refractivity contribution in [1.82, 2.24) is 19.8 Å². The third-order valence-electron chi connectivity index (χ3n) is 12.6. The van der Waals surface area contributed by atoms with Gasteiger partial charge in [-0.2, -0.15) is 9.97 Å². The predicted octanol–water partition coefficient (Wildman–Crippen LogP) is 7.38. The molecule has 0 radical (unpaired) electrons. The molecule has 4 aliphatic heterocycles. The molecule has 8 nitrogen and oxygen atoms in total. The summed E-state index contributed by atoms with van der Waals surface area (Å²) in [6, 6.07) is 8.22. The average molecular weight is 746 g/mol. The van der Waals surface area contributed by atoms with Crippen molar-refractivity contribution >= 4 is 33.4 Å². The maximum Gasteiger partial charge on any atom is 0.319 e. The van der Waals surface area contributed by atoms with Crippen molar-refractivity contribution in [3.05, 3.63) is 53.6 Å². The van der Waals surface area contributed by atoms with Crippen LogP contribution in [0, 0.1) is 29.9 Å². The zero-order chi connectivity index (χ0) is 37.5. The van der Waals surface area contributed by atoms with Crippen LogP contribution in [0.4, 0.5) is 27.8 Å². The number of carbonyl (C=O) groups excluding carboxylic acids is 1. The van der Waals surface area contributed by atoms with Gasteiger partial charge in [-0.15, -0.1) is 6.42 Å². The summed E-state index contributed by atoms with van der Waals surface area (Å²) in [6.45, 7) is 2.00. The summed E-state index contributed by atoms with van der Waals surface area (Å²) >= 11 is 0. The lowest BCUT2D eigenvalue weighted by molar-refractivity contribution is -0.143. The minimum atomic E-state index is -2.73. The van der Waals surface area contributed by atoms with Gasteiger partial charge in [0.2, 0.25) is 11.8 Å². The number of rotatable bonds is 6. The Labute approximate surface area is 309 Å². The van der Waals surface area contributed by atoms with E-state index >= 15 is 4.39 Å². The highest BCUT2D eigenvalue weighted by Gasteiger charge is 2.50. The number of terminal acetylenes is 1. The average Bonchev–Trinajstić information content (AvgIpc) is 3.76. The molecule has 13 heteroatoms. The van der Waals surface area contributed by atoms with E-state index in [9.17, 15) is 27.5 Å². The number of phenols is 1. The number of carbonyl (C=O) groups is 1. The van der Waals surface area contributed by atoms with Gasteiger partial charge in [0.1, 0.15) is 35.7 Å². The highest BCUT2D eigenvalue weighted by atomic mass is 19.3. The lowest BCUT2D eigenvalue weighted by Gasteiger charge is -2.44. The van der Waals surface area contributed by atoms with Crippen LogP contribution in [0.2, 0.25) is 0 Å². The van der Waals surface area contributed by atoms with Crippen LogP contribution < -0.4 is 9.64 Å². The van der Waals surface area contributed by atoms with Gasteiger partial charge >= 0.3 is 6.01 Å². The Hall–Kier alpha value is -4.70. The molecule has 54 heavy (non-hydrogen) atoms. The molecular weight excluding hydrogens is 705 g/mol. The second-order valence-electron chi connectivity index (χ2n) is 15.8. The Morgan fingerprint density at radius 2 is 1.74 bits per heavy atom. The number of fused-ring (bicyclic) bond motifs is 5.